The standard InChI is InChI=1S/C14H22/c1-3-11(4-2)5-7-13-9-12-6-8-14(13)10-12/h3,6,8,11-14H,1,4-5,7,9-10H2,2H3. The van der Waals surface area contributed by atoms with Gasteiger partial charge in [0, 0.05) is 0 Å². The minimum absolute atomic E-state index is 0.762. The van der Waals surface area contributed by atoms with E-state index in [4.69, 9.17) is 0 Å². The van der Waals surface area contributed by atoms with Crippen LogP contribution in [0.4, 0.5) is 0 Å². The number of rotatable bonds is 5. The summed E-state index contributed by atoms with van der Waals surface area (Å²) < 4.78 is 0. The van der Waals surface area contributed by atoms with Crippen LogP contribution in [0.15, 0.2) is 24.8 Å². The van der Waals surface area contributed by atoms with Crippen molar-refractivity contribution in [3.63, 3.8) is 0 Å². The molecule has 2 bridgehead atoms. The summed E-state index contributed by atoms with van der Waals surface area (Å²) in [5.41, 5.74) is 0. The van der Waals surface area contributed by atoms with Crippen molar-refractivity contribution in [1.82, 2.24) is 0 Å². The van der Waals surface area contributed by atoms with E-state index in [9.17, 15) is 0 Å². The van der Waals surface area contributed by atoms with Gasteiger partial charge in [0.25, 0.3) is 0 Å². The quantitative estimate of drug-likeness (QED) is 0.570. The van der Waals surface area contributed by atoms with E-state index in [0.29, 0.717) is 0 Å². The molecule has 4 atom stereocenters. The average molecular weight is 190 g/mol. The molecule has 2 aliphatic rings. The zero-order valence-corrected chi connectivity index (χ0v) is 9.28. The molecule has 0 heterocycles. The van der Waals surface area contributed by atoms with Crippen molar-refractivity contribution in [3.8, 4) is 0 Å². The van der Waals surface area contributed by atoms with Gasteiger partial charge in [-0.25, -0.2) is 0 Å². The molecule has 0 spiro atoms. The van der Waals surface area contributed by atoms with Crippen molar-refractivity contribution < 1.29 is 0 Å². The zero-order valence-electron chi connectivity index (χ0n) is 9.28. The van der Waals surface area contributed by atoms with Crippen LogP contribution in [-0.4, -0.2) is 0 Å². The van der Waals surface area contributed by atoms with E-state index in [0.717, 1.165) is 23.7 Å². The number of hydrogen-bond donors (Lipinski definition) is 0. The van der Waals surface area contributed by atoms with Gasteiger partial charge in [0.2, 0.25) is 0 Å². The summed E-state index contributed by atoms with van der Waals surface area (Å²) in [4.78, 5) is 0. The maximum absolute atomic E-state index is 3.91. The molecule has 0 aromatic rings. The number of fused-ring (bicyclic) bond motifs is 2. The summed E-state index contributed by atoms with van der Waals surface area (Å²) in [6.45, 7) is 6.18. The summed E-state index contributed by atoms with van der Waals surface area (Å²) in [5.74, 6) is 3.63. The molecule has 0 heteroatoms. The second kappa shape index (κ2) is 4.33. The maximum atomic E-state index is 3.91. The van der Waals surface area contributed by atoms with E-state index in [2.05, 4.69) is 31.7 Å². The smallest absolute Gasteiger partial charge is 0.0199 e. The second-order valence-corrected chi connectivity index (χ2v) is 5.02. The van der Waals surface area contributed by atoms with Gasteiger partial charge in [0.1, 0.15) is 0 Å². The Balaban J connectivity index is 1.76. The predicted octanol–water partition coefficient (Wildman–Crippen LogP) is 4.19. The first-order valence-corrected chi connectivity index (χ1v) is 6.14. The Hall–Kier alpha value is -0.520. The Bertz CT molecular complexity index is 226. The minimum Gasteiger partial charge on any atom is -0.103 e. The molecule has 0 nitrogen and oxygen atoms in total. The van der Waals surface area contributed by atoms with Crippen LogP contribution in [0, 0.1) is 23.7 Å². The van der Waals surface area contributed by atoms with Crippen LogP contribution in [0.2, 0.25) is 0 Å². The third-order valence-corrected chi connectivity index (χ3v) is 4.18. The normalized spacial score (nSPS) is 36.2. The van der Waals surface area contributed by atoms with Crippen molar-refractivity contribution in [3.05, 3.63) is 24.8 Å². The summed E-state index contributed by atoms with van der Waals surface area (Å²) in [6, 6.07) is 0. The van der Waals surface area contributed by atoms with Gasteiger partial charge >= 0.3 is 0 Å². The average Bonchev–Trinajstić information content (AvgIpc) is 2.80. The Morgan fingerprint density at radius 2 is 2.29 bits per heavy atom. The van der Waals surface area contributed by atoms with Crippen molar-refractivity contribution in [2.45, 2.75) is 39.0 Å². The van der Waals surface area contributed by atoms with E-state index in [1.807, 2.05) is 0 Å². The lowest BCUT2D eigenvalue weighted by atomic mass is 9.86. The molecule has 78 valence electrons. The van der Waals surface area contributed by atoms with Crippen molar-refractivity contribution in [2.24, 2.45) is 23.7 Å². The lowest BCUT2D eigenvalue weighted by molar-refractivity contribution is 0.374. The molecule has 1 saturated carbocycles. The molecular formula is C14H22. The van der Waals surface area contributed by atoms with Crippen LogP contribution in [0.3, 0.4) is 0 Å². The molecule has 0 aromatic heterocycles. The first-order valence-electron chi connectivity index (χ1n) is 6.14. The summed E-state index contributed by atoms with van der Waals surface area (Å²) >= 11 is 0. The van der Waals surface area contributed by atoms with Gasteiger partial charge in [-0.15, -0.1) is 6.58 Å². The third kappa shape index (κ3) is 1.94. The SMILES string of the molecule is C=CC(CC)CCC1CC2C=CC1C2. The molecule has 2 aliphatic carbocycles. The molecule has 14 heavy (non-hydrogen) atoms. The highest BCUT2D eigenvalue weighted by Gasteiger charge is 2.34. The topological polar surface area (TPSA) is 0 Å². The molecule has 0 amide bonds. The maximum Gasteiger partial charge on any atom is -0.0199 e. The highest BCUT2D eigenvalue weighted by molar-refractivity contribution is 5.10. The van der Waals surface area contributed by atoms with E-state index < -0.39 is 0 Å². The highest BCUT2D eigenvalue weighted by atomic mass is 14.4. The molecule has 0 saturated heterocycles. The van der Waals surface area contributed by atoms with Crippen molar-refractivity contribution in [1.29, 1.82) is 0 Å². The molecule has 0 N–H and O–H groups in total. The van der Waals surface area contributed by atoms with Gasteiger partial charge in [0.05, 0.1) is 0 Å². The fourth-order valence-corrected chi connectivity index (χ4v) is 3.14. The monoisotopic (exact) mass is 190 g/mol. The lowest BCUT2D eigenvalue weighted by Crippen LogP contribution is -2.08. The Morgan fingerprint density at radius 1 is 1.43 bits per heavy atom. The van der Waals surface area contributed by atoms with Gasteiger partial charge in [-0.3, -0.25) is 0 Å². The third-order valence-electron chi connectivity index (χ3n) is 4.18. The van der Waals surface area contributed by atoms with E-state index in [1.165, 1.54) is 32.1 Å². The van der Waals surface area contributed by atoms with Crippen LogP contribution >= 0.6 is 0 Å². The van der Waals surface area contributed by atoms with E-state index in [1.54, 1.807) is 0 Å². The van der Waals surface area contributed by atoms with Gasteiger partial charge in [-0.1, -0.05) is 25.2 Å². The summed E-state index contributed by atoms with van der Waals surface area (Å²) in [6.07, 6.45) is 14.0. The lowest BCUT2D eigenvalue weighted by Gasteiger charge is -2.19. The predicted molar refractivity (Wildman–Crippen MR) is 62.1 cm³/mol. The Kier molecular flexibility index (Phi) is 3.10. The molecule has 4 unspecified atom stereocenters. The highest BCUT2D eigenvalue weighted by Crippen LogP contribution is 2.45. The van der Waals surface area contributed by atoms with Crippen molar-refractivity contribution >= 4 is 0 Å². The second-order valence-electron chi connectivity index (χ2n) is 5.02. The Labute approximate surface area is 88.1 Å². The zero-order chi connectivity index (χ0) is 9.97. The van der Waals surface area contributed by atoms with Crippen molar-refractivity contribution in [2.75, 3.05) is 0 Å². The van der Waals surface area contributed by atoms with Crippen LogP contribution in [0.5, 0.6) is 0 Å². The van der Waals surface area contributed by atoms with Gasteiger partial charge in [0.15, 0.2) is 0 Å². The molecule has 1 fully saturated rings. The van der Waals surface area contributed by atoms with E-state index >= 15 is 0 Å². The molecule has 0 aromatic carbocycles. The Morgan fingerprint density at radius 3 is 2.79 bits per heavy atom. The van der Waals surface area contributed by atoms with Crippen LogP contribution in [-0.2, 0) is 0 Å². The van der Waals surface area contributed by atoms with Gasteiger partial charge < -0.3 is 0 Å². The molecule has 2 rings (SSSR count). The van der Waals surface area contributed by atoms with Gasteiger partial charge in [-0.05, 0) is 55.8 Å². The van der Waals surface area contributed by atoms with E-state index in [-0.39, 0.29) is 0 Å². The minimum atomic E-state index is 0.762. The fraction of sp³-hybridized carbons (Fsp3) is 0.714. The summed E-state index contributed by atoms with van der Waals surface area (Å²) in [7, 11) is 0. The summed E-state index contributed by atoms with van der Waals surface area (Å²) in [5, 5.41) is 0. The molecule has 0 radical (unpaired) electrons. The first kappa shape index (κ1) is 10.0. The first-order chi connectivity index (χ1) is 6.83. The molecular weight excluding hydrogens is 168 g/mol. The van der Waals surface area contributed by atoms with Gasteiger partial charge in [-0.2, -0.15) is 0 Å². The molecule has 0 aliphatic heterocycles. The number of hydrogen-bond acceptors (Lipinski definition) is 0. The fourth-order valence-electron chi connectivity index (χ4n) is 3.14. The largest absolute Gasteiger partial charge is 0.103 e. The van der Waals surface area contributed by atoms with Crippen LogP contribution in [0.25, 0.3) is 0 Å². The van der Waals surface area contributed by atoms with Crippen LogP contribution in [0.1, 0.15) is 39.0 Å². The van der Waals surface area contributed by atoms with Crippen LogP contribution < -0.4 is 0 Å². The number of allylic oxidation sites excluding steroid dienone is 3.